The lowest BCUT2D eigenvalue weighted by atomic mass is 10.1. The second-order valence-corrected chi connectivity index (χ2v) is 25.2. The molecule has 0 aromatic heterocycles. The number of anilines is 1. The first-order valence-corrected chi connectivity index (χ1v) is 22.3. The van der Waals surface area contributed by atoms with Crippen LogP contribution in [0.3, 0.4) is 0 Å². The maximum Gasteiger partial charge on any atom is 0.269 e. The van der Waals surface area contributed by atoms with Gasteiger partial charge in [-0.3, -0.25) is 20.4 Å². The molecule has 0 aliphatic heterocycles. The number of alkyl halides is 1. The number of hydrazine groups is 1. The third-order valence-corrected chi connectivity index (χ3v) is 19.4. The van der Waals surface area contributed by atoms with Crippen molar-refractivity contribution in [3.63, 3.8) is 0 Å². The van der Waals surface area contributed by atoms with E-state index in [2.05, 4.69) is 113 Å². The summed E-state index contributed by atoms with van der Waals surface area (Å²) in [7, 11) is -4.42. The zero-order valence-electron chi connectivity index (χ0n) is 27.5. The first kappa shape index (κ1) is 38.4. The van der Waals surface area contributed by atoms with Gasteiger partial charge in [-0.25, -0.2) is 0 Å². The minimum absolute atomic E-state index is 0.0208. The lowest BCUT2D eigenvalue weighted by Crippen LogP contribution is -2.55. The second kappa shape index (κ2) is 14.7. The Morgan fingerprint density at radius 2 is 1.57 bits per heavy atom. The van der Waals surface area contributed by atoms with Gasteiger partial charge in [0.1, 0.15) is 22.0 Å². The highest BCUT2D eigenvalue weighted by atomic mass is 127. The van der Waals surface area contributed by atoms with E-state index in [-0.39, 0.29) is 15.6 Å². The van der Waals surface area contributed by atoms with Crippen LogP contribution in [0.25, 0.3) is 0 Å². The molecule has 8 nitrogen and oxygen atoms in total. The largest absolute Gasteiger partial charge is 0.543 e. The summed E-state index contributed by atoms with van der Waals surface area (Å²) in [6.07, 6.45) is 0.534. The number of nitrogens with one attached hydrogen (secondary N) is 3. The van der Waals surface area contributed by atoms with E-state index < -0.39 is 38.6 Å². The van der Waals surface area contributed by atoms with E-state index in [0.29, 0.717) is 39.0 Å². The average Bonchev–Trinajstić information content (AvgIpc) is 2.89. The molecule has 242 valence electrons. The minimum Gasteiger partial charge on any atom is -0.543 e. The van der Waals surface area contributed by atoms with Crippen LogP contribution in [0.1, 0.15) is 70.0 Å². The molecule has 0 aliphatic carbocycles. The van der Waals surface area contributed by atoms with Crippen LogP contribution >= 0.6 is 45.8 Å². The molecule has 2 aromatic carbocycles. The van der Waals surface area contributed by atoms with Crippen LogP contribution in [0, 0.1) is 11.3 Å². The van der Waals surface area contributed by atoms with Crippen molar-refractivity contribution < 1.29 is 18.4 Å². The van der Waals surface area contributed by atoms with Crippen molar-refractivity contribution >= 4 is 79.9 Å². The monoisotopic (exact) mass is 790 g/mol. The Morgan fingerprint density at radius 1 is 0.977 bits per heavy atom. The van der Waals surface area contributed by atoms with E-state index in [0.717, 1.165) is 0 Å². The van der Waals surface area contributed by atoms with Gasteiger partial charge < -0.3 is 14.2 Å². The summed E-state index contributed by atoms with van der Waals surface area (Å²) >= 11 is 15.1. The molecule has 0 heterocycles. The van der Waals surface area contributed by atoms with E-state index in [4.69, 9.17) is 32.1 Å². The molecule has 3 N–H and O–H groups in total. The number of carbonyl (C=O) groups is 2. The number of carbonyl (C=O) groups excluding carboxylic acids is 2. The highest BCUT2D eigenvalue weighted by molar-refractivity contribution is 14.1. The molecule has 44 heavy (non-hydrogen) atoms. The van der Waals surface area contributed by atoms with Crippen LogP contribution < -0.4 is 20.6 Å². The van der Waals surface area contributed by atoms with Crippen LogP contribution in [-0.4, -0.2) is 38.6 Å². The predicted molar refractivity (Wildman–Crippen MR) is 194 cm³/mol. The molecular weight excluding hydrogens is 746 g/mol. The first-order chi connectivity index (χ1) is 20.1. The molecule has 0 bridgehead atoms. The fourth-order valence-electron chi connectivity index (χ4n) is 3.55. The Kier molecular flexibility index (Phi) is 12.8. The van der Waals surface area contributed by atoms with Crippen molar-refractivity contribution in [3.05, 3.63) is 57.1 Å². The number of nitriles is 1. The van der Waals surface area contributed by atoms with Gasteiger partial charge in [-0.1, -0.05) is 71.7 Å². The number of nitrogens with zero attached hydrogens (tertiary/aromatic N) is 1. The summed E-state index contributed by atoms with van der Waals surface area (Å²) < 4.78 is 12.3. The summed E-state index contributed by atoms with van der Waals surface area (Å²) in [4.78, 5) is 26.7. The molecule has 0 fully saturated rings. The van der Waals surface area contributed by atoms with Crippen LogP contribution in [-0.2, 0) is 15.6 Å². The van der Waals surface area contributed by atoms with Crippen molar-refractivity contribution in [1.29, 1.82) is 5.26 Å². The standard InChI is InChI=1S/C31H45Cl2IN4O4Si2/c1-12-21-23(15-13-20(18-35)25(21)33)36-26(27(34)42-44(10,11)31(5,6)7)29(40)38-37-28(39)19-14-16-24(22(32)17-19)41-43(8,9)30(2,3)4/h13-17,26-27,36H,12H2,1-11H3,(H,37,39)(H,38,40)/t26-,27+/m1/s1. The van der Waals surface area contributed by atoms with Crippen LogP contribution in [0.5, 0.6) is 5.75 Å². The van der Waals surface area contributed by atoms with Crippen molar-refractivity contribution in [3.8, 4) is 11.8 Å². The summed E-state index contributed by atoms with van der Waals surface area (Å²) in [6, 6.07) is 9.33. The van der Waals surface area contributed by atoms with Gasteiger partial charge in [-0.15, -0.1) is 0 Å². The zero-order valence-corrected chi connectivity index (χ0v) is 33.1. The Hall–Kier alpha value is -1.83. The molecular formula is C31H45Cl2IN4O4Si2. The van der Waals surface area contributed by atoms with Gasteiger partial charge in [0, 0.05) is 11.3 Å². The van der Waals surface area contributed by atoms with Crippen LogP contribution in [0.4, 0.5) is 5.69 Å². The van der Waals surface area contributed by atoms with Gasteiger partial charge in [-0.2, -0.15) is 5.26 Å². The normalized spacial score (nSPS) is 13.8. The average molecular weight is 792 g/mol. The topological polar surface area (TPSA) is 112 Å². The fraction of sp³-hybridized carbons (Fsp3) is 0.516. The fourth-order valence-corrected chi connectivity index (χ4v) is 8.68. The summed E-state index contributed by atoms with van der Waals surface area (Å²) in [5, 5.41) is 13.2. The zero-order chi connectivity index (χ0) is 33.8. The highest BCUT2D eigenvalue weighted by Gasteiger charge is 2.42. The maximum atomic E-state index is 13.7. The lowest BCUT2D eigenvalue weighted by molar-refractivity contribution is -0.123. The number of benzene rings is 2. The molecule has 2 rings (SSSR count). The number of amides is 2. The third kappa shape index (κ3) is 9.36. The van der Waals surface area contributed by atoms with E-state index in [1.807, 2.05) is 6.92 Å². The molecule has 0 radical (unpaired) electrons. The number of rotatable bonds is 10. The second-order valence-electron chi connectivity index (χ2n) is 13.7. The SMILES string of the molecule is CCc1c(N[C@@H](C(=O)NNC(=O)c2ccc(O[Si](C)(C)C(C)(C)C)c(Cl)c2)[C@@H](I)O[Si](C)(C)C(C)(C)C)ccc(C#N)c1Cl. The molecule has 2 amide bonds. The van der Waals surface area contributed by atoms with Crippen molar-refractivity contribution in [1.82, 2.24) is 10.9 Å². The van der Waals surface area contributed by atoms with E-state index in [9.17, 15) is 14.9 Å². The summed E-state index contributed by atoms with van der Waals surface area (Å²) in [5.74, 6) is -0.529. The van der Waals surface area contributed by atoms with Crippen molar-refractivity contribution in [2.45, 2.75) is 101 Å². The Labute approximate surface area is 288 Å². The molecule has 2 atom stereocenters. The van der Waals surface area contributed by atoms with E-state index >= 15 is 0 Å². The molecule has 0 spiro atoms. The number of halogens is 3. The molecule has 0 aliphatic rings. The smallest absolute Gasteiger partial charge is 0.269 e. The van der Waals surface area contributed by atoms with Crippen LogP contribution in [0.2, 0.25) is 46.3 Å². The van der Waals surface area contributed by atoms with Crippen molar-refractivity contribution in [2.24, 2.45) is 0 Å². The Morgan fingerprint density at radius 3 is 2.07 bits per heavy atom. The van der Waals surface area contributed by atoms with Gasteiger partial charge in [0.25, 0.3) is 20.1 Å². The quantitative estimate of drug-likeness (QED) is 0.0960. The Balaban J connectivity index is 2.32. The molecule has 13 heteroatoms. The highest BCUT2D eigenvalue weighted by Crippen LogP contribution is 2.40. The van der Waals surface area contributed by atoms with Gasteiger partial charge in [0.2, 0.25) is 0 Å². The van der Waals surface area contributed by atoms with Gasteiger partial charge in [-0.05, 0) is 101 Å². The lowest BCUT2D eigenvalue weighted by Gasteiger charge is -2.39. The maximum absolute atomic E-state index is 13.7. The minimum atomic E-state index is -2.29. The number of hydrogen-bond acceptors (Lipinski definition) is 6. The van der Waals surface area contributed by atoms with Crippen LogP contribution in [0.15, 0.2) is 30.3 Å². The molecule has 0 saturated carbocycles. The molecule has 0 unspecified atom stereocenters. The first-order valence-electron chi connectivity index (χ1n) is 14.4. The molecule has 0 saturated heterocycles. The number of hydrogen-bond donors (Lipinski definition) is 3. The summed E-state index contributed by atoms with van der Waals surface area (Å²) in [5.41, 5.74) is 6.98. The summed E-state index contributed by atoms with van der Waals surface area (Å²) in [6.45, 7) is 23.1. The van der Waals surface area contributed by atoms with E-state index in [1.165, 1.54) is 6.07 Å². The third-order valence-electron chi connectivity index (χ3n) is 8.45. The van der Waals surface area contributed by atoms with Gasteiger partial charge >= 0.3 is 0 Å². The van der Waals surface area contributed by atoms with Crippen molar-refractivity contribution in [2.75, 3.05) is 5.32 Å². The van der Waals surface area contributed by atoms with E-state index in [1.54, 1.807) is 24.3 Å². The molecule has 2 aromatic rings. The predicted octanol–water partition coefficient (Wildman–Crippen LogP) is 8.84. The van der Waals surface area contributed by atoms with Gasteiger partial charge in [0.05, 0.1) is 15.6 Å². The van der Waals surface area contributed by atoms with Gasteiger partial charge in [0.15, 0.2) is 8.32 Å². The Bertz CT molecular complexity index is 1420.